The van der Waals surface area contributed by atoms with E-state index in [0.29, 0.717) is 5.56 Å². The Bertz CT molecular complexity index is 599. The molecule has 2 rings (SSSR count). The van der Waals surface area contributed by atoms with E-state index in [2.05, 4.69) is 9.97 Å². The van der Waals surface area contributed by atoms with Crippen LogP contribution in [-0.2, 0) is 12.7 Å². The fraction of sp³-hybridized carbons (Fsp3) is 0.167. The van der Waals surface area contributed by atoms with E-state index in [0.717, 1.165) is 24.5 Å². The van der Waals surface area contributed by atoms with Crippen LogP contribution in [0.25, 0.3) is 0 Å². The van der Waals surface area contributed by atoms with Gasteiger partial charge in [0.15, 0.2) is 5.82 Å². The molecular formula is C12H9F4N3O. The molecule has 0 spiro atoms. The summed E-state index contributed by atoms with van der Waals surface area (Å²) in [5.74, 6) is -1.19. The summed E-state index contributed by atoms with van der Waals surface area (Å²) in [5, 5.41) is 0. The van der Waals surface area contributed by atoms with Crippen molar-refractivity contribution in [3.05, 3.63) is 47.5 Å². The molecule has 0 bridgehead atoms. The lowest BCUT2D eigenvalue weighted by molar-refractivity contribution is -0.138. The van der Waals surface area contributed by atoms with Gasteiger partial charge in [-0.1, -0.05) is 6.07 Å². The zero-order valence-electron chi connectivity index (χ0n) is 9.99. The Morgan fingerprint density at radius 3 is 2.35 bits per heavy atom. The molecule has 0 unspecified atom stereocenters. The van der Waals surface area contributed by atoms with Gasteiger partial charge in [-0.2, -0.15) is 13.2 Å². The van der Waals surface area contributed by atoms with Gasteiger partial charge in [-0.05, 0) is 17.7 Å². The molecule has 0 aliphatic rings. The second-order valence-electron chi connectivity index (χ2n) is 3.82. The molecule has 1 aromatic carbocycles. The number of nitrogens with two attached hydrogens (primary N) is 1. The van der Waals surface area contributed by atoms with Crippen molar-refractivity contribution in [3.63, 3.8) is 0 Å². The highest BCUT2D eigenvalue weighted by Gasteiger charge is 2.35. The quantitative estimate of drug-likeness (QED) is 0.882. The molecule has 0 aliphatic heterocycles. The third-order valence-electron chi connectivity index (χ3n) is 2.38. The summed E-state index contributed by atoms with van der Waals surface area (Å²) in [7, 11) is 0. The minimum Gasteiger partial charge on any atom is -0.424 e. The molecule has 0 saturated heterocycles. The molecule has 0 radical (unpaired) electrons. The zero-order chi connectivity index (χ0) is 14.8. The highest BCUT2D eigenvalue weighted by atomic mass is 19.4. The maximum atomic E-state index is 12.9. The van der Waals surface area contributed by atoms with E-state index in [-0.39, 0.29) is 12.6 Å². The van der Waals surface area contributed by atoms with Crippen molar-refractivity contribution in [2.75, 3.05) is 0 Å². The molecule has 0 fully saturated rings. The van der Waals surface area contributed by atoms with Gasteiger partial charge in [-0.3, -0.25) is 0 Å². The molecule has 0 atom stereocenters. The largest absolute Gasteiger partial charge is 0.424 e. The van der Waals surface area contributed by atoms with Gasteiger partial charge in [0.1, 0.15) is 5.75 Å². The van der Waals surface area contributed by atoms with Gasteiger partial charge in [0.05, 0.1) is 18.0 Å². The van der Waals surface area contributed by atoms with Gasteiger partial charge in [0.2, 0.25) is 0 Å². The van der Waals surface area contributed by atoms with Gasteiger partial charge in [0, 0.05) is 6.54 Å². The SMILES string of the molecule is NCc1ccc(Oc2ncc(F)cn2)c(C(F)(F)F)c1. The van der Waals surface area contributed by atoms with E-state index in [9.17, 15) is 17.6 Å². The maximum absolute atomic E-state index is 12.9. The van der Waals surface area contributed by atoms with Crippen LogP contribution in [0.2, 0.25) is 0 Å². The first-order valence-corrected chi connectivity index (χ1v) is 5.45. The molecule has 1 aromatic heterocycles. The van der Waals surface area contributed by atoms with Crippen LogP contribution in [0.15, 0.2) is 30.6 Å². The van der Waals surface area contributed by atoms with E-state index in [1.165, 1.54) is 6.07 Å². The predicted octanol–water partition coefficient (Wildman–Crippen LogP) is 2.89. The second-order valence-corrected chi connectivity index (χ2v) is 3.82. The summed E-state index contributed by atoms with van der Waals surface area (Å²) >= 11 is 0. The highest BCUT2D eigenvalue weighted by molar-refractivity contribution is 5.40. The smallest absolute Gasteiger partial charge is 0.419 e. The monoisotopic (exact) mass is 287 g/mol. The number of halogens is 4. The van der Waals surface area contributed by atoms with Crippen molar-refractivity contribution < 1.29 is 22.3 Å². The minimum atomic E-state index is -4.61. The van der Waals surface area contributed by atoms with Crippen LogP contribution in [0, 0.1) is 5.82 Å². The minimum absolute atomic E-state index is 0.0313. The first-order chi connectivity index (χ1) is 9.40. The van der Waals surface area contributed by atoms with Crippen LogP contribution >= 0.6 is 0 Å². The fourth-order valence-electron chi connectivity index (χ4n) is 1.47. The molecule has 1 heterocycles. The molecule has 2 aromatic rings. The molecule has 0 saturated carbocycles. The Kier molecular flexibility index (Phi) is 3.84. The summed E-state index contributed by atoms with van der Waals surface area (Å²) in [5.41, 5.74) is 4.62. The van der Waals surface area contributed by atoms with Gasteiger partial charge >= 0.3 is 12.2 Å². The Morgan fingerprint density at radius 2 is 1.80 bits per heavy atom. The molecule has 4 nitrogen and oxygen atoms in total. The molecule has 106 valence electrons. The van der Waals surface area contributed by atoms with Gasteiger partial charge in [-0.15, -0.1) is 0 Å². The average molecular weight is 287 g/mol. The molecule has 0 aliphatic carbocycles. The van der Waals surface area contributed by atoms with E-state index < -0.39 is 23.3 Å². The fourth-order valence-corrected chi connectivity index (χ4v) is 1.47. The number of rotatable bonds is 3. The Morgan fingerprint density at radius 1 is 1.15 bits per heavy atom. The summed E-state index contributed by atoms with van der Waals surface area (Å²) < 4.78 is 56.3. The first kappa shape index (κ1) is 14.2. The van der Waals surface area contributed by atoms with Crippen molar-refractivity contribution in [1.82, 2.24) is 9.97 Å². The number of alkyl halides is 3. The van der Waals surface area contributed by atoms with Gasteiger partial charge in [-0.25, -0.2) is 14.4 Å². The number of benzene rings is 1. The normalized spacial score (nSPS) is 11.4. The lowest BCUT2D eigenvalue weighted by Crippen LogP contribution is -2.09. The average Bonchev–Trinajstić information content (AvgIpc) is 2.40. The number of ether oxygens (including phenoxy) is 1. The first-order valence-electron chi connectivity index (χ1n) is 5.45. The molecule has 8 heteroatoms. The standard InChI is InChI=1S/C12H9F4N3O/c13-8-5-18-11(19-6-8)20-10-2-1-7(4-17)3-9(10)12(14,15)16/h1-3,5-6H,4,17H2. The number of aromatic nitrogens is 2. The van der Waals surface area contributed by atoms with Crippen LogP contribution in [0.5, 0.6) is 11.8 Å². The van der Waals surface area contributed by atoms with Crippen LogP contribution in [0.1, 0.15) is 11.1 Å². The number of hydrogen-bond acceptors (Lipinski definition) is 4. The van der Waals surface area contributed by atoms with Crippen LogP contribution in [0.3, 0.4) is 0 Å². The summed E-state index contributed by atoms with van der Waals surface area (Å²) in [6.07, 6.45) is -3.02. The Labute approximate surface area is 111 Å². The summed E-state index contributed by atoms with van der Waals surface area (Å²) in [4.78, 5) is 6.88. The van der Waals surface area contributed by atoms with E-state index >= 15 is 0 Å². The zero-order valence-corrected chi connectivity index (χ0v) is 9.99. The van der Waals surface area contributed by atoms with Crippen molar-refractivity contribution in [3.8, 4) is 11.8 Å². The van der Waals surface area contributed by atoms with Crippen molar-refractivity contribution in [2.45, 2.75) is 12.7 Å². The highest BCUT2D eigenvalue weighted by Crippen LogP contribution is 2.38. The number of hydrogen-bond donors (Lipinski definition) is 1. The van der Waals surface area contributed by atoms with Crippen LogP contribution in [-0.4, -0.2) is 9.97 Å². The van der Waals surface area contributed by atoms with Crippen LogP contribution in [0.4, 0.5) is 17.6 Å². The van der Waals surface area contributed by atoms with Crippen molar-refractivity contribution >= 4 is 0 Å². The Balaban J connectivity index is 2.38. The lowest BCUT2D eigenvalue weighted by atomic mass is 10.1. The van der Waals surface area contributed by atoms with E-state index in [1.54, 1.807) is 0 Å². The van der Waals surface area contributed by atoms with Crippen LogP contribution < -0.4 is 10.5 Å². The van der Waals surface area contributed by atoms with Crippen molar-refractivity contribution in [1.29, 1.82) is 0 Å². The predicted molar refractivity (Wildman–Crippen MR) is 61.4 cm³/mol. The number of nitrogens with zero attached hydrogens (tertiary/aromatic N) is 2. The topological polar surface area (TPSA) is 61.0 Å². The maximum Gasteiger partial charge on any atom is 0.419 e. The molecule has 0 amide bonds. The molecule has 20 heavy (non-hydrogen) atoms. The second kappa shape index (κ2) is 5.41. The molecular weight excluding hydrogens is 278 g/mol. The van der Waals surface area contributed by atoms with Crippen molar-refractivity contribution in [2.24, 2.45) is 5.73 Å². The summed E-state index contributed by atoms with van der Waals surface area (Å²) in [6.45, 7) is -0.0313. The third kappa shape index (κ3) is 3.21. The third-order valence-corrected chi connectivity index (χ3v) is 2.38. The Hall–Kier alpha value is -2.22. The summed E-state index contributed by atoms with van der Waals surface area (Å²) in [6, 6.07) is 3.03. The van der Waals surface area contributed by atoms with Gasteiger partial charge in [0.25, 0.3) is 0 Å². The van der Waals surface area contributed by atoms with E-state index in [4.69, 9.17) is 10.5 Å². The van der Waals surface area contributed by atoms with Gasteiger partial charge < -0.3 is 10.5 Å². The molecule has 2 N–H and O–H groups in total. The van der Waals surface area contributed by atoms with E-state index in [1.807, 2.05) is 0 Å². The lowest BCUT2D eigenvalue weighted by Gasteiger charge is -2.13.